The van der Waals surface area contributed by atoms with Crippen LogP contribution in [0.3, 0.4) is 0 Å². The fraction of sp³-hybridized carbons (Fsp3) is 0.348. The summed E-state index contributed by atoms with van der Waals surface area (Å²) in [5.41, 5.74) is 4.45. The van der Waals surface area contributed by atoms with Crippen LogP contribution < -0.4 is 9.64 Å². The molecule has 2 unspecified atom stereocenters. The minimum Gasteiger partial charge on any atom is -0.494 e. The Kier molecular flexibility index (Phi) is 6.11. The Morgan fingerprint density at radius 3 is 2.90 bits per heavy atom. The number of methoxy groups -OCH3 is 1. The average Bonchev–Trinajstić information content (AvgIpc) is 3.16. The van der Waals surface area contributed by atoms with Gasteiger partial charge in [-0.05, 0) is 37.7 Å². The molecule has 164 valence electrons. The van der Waals surface area contributed by atoms with E-state index in [9.17, 15) is 8.60 Å². The van der Waals surface area contributed by atoms with Crippen LogP contribution in [0.25, 0.3) is 11.0 Å². The van der Waals surface area contributed by atoms with E-state index in [4.69, 9.17) is 4.74 Å². The van der Waals surface area contributed by atoms with Gasteiger partial charge in [0, 0.05) is 37.0 Å². The molecule has 1 aliphatic rings. The monoisotopic (exact) mass is 442 g/mol. The summed E-state index contributed by atoms with van der Waals surface area (Å²) in [6, 6.07) is 9.42. The number of ether oxygens (including phenoxy) is 1. The summed E-state index contributed by atoms with van der Waals surface area (Å²) in [5, 5.41) is 0.331. The van der Waals surface area contributed by atoms with Gasteiger partial charge in [-0.15, -0.1) is 6.58 Å². The van der Waals surface area contributed by atoms with Gasteiger partial charge in [-0.3, -0.25) is 4.21 Å². The molecule has 0 saturated carbocycles. The first-order valence-electron chi connectivity index (χ1n) is 10.2. The third-order valence-corrected chi connectivity index (χ3v) is 6.90. The van der Waals surface area contributed by atoms with Crippen molar-refractivity contribution in [2.24, 2.45) is 0 Å². The van der Waals surface area contributed by atoms with Gasteiger partial charge in [-0.1, -0.05) is 18.2 Å². The molecule has 8 heteroatoms. The number of hydrogen-bond acceptors (Lipinski definition) is 5. The van der Waals surface area contributed by atoms with Crippen molar-refractivity contribution in [3.63, 3.8) is 0 Å². The first-order chi connectivity index (χ1) is 14.9. The van der Waals surface area contributed by atoms with Crippen LogP contribution in [0.4, 0.5) is 10.1 Å². The zero-order valence-corrected chi connectivity index (χ0v) is 18.8. The van der Waals surface area contributed by atoms with Gasteiger partial charge in [0.05, 0.1) is 34.7 Å². The summed E-state index contributed by atoms with van der Waals surface area (Å²) < 4.78 is 32.0. The number of aromatic nitrogens is 2. The normalized spacial score (nSPS) is 17.1. The fourth-order valence-corrected chi connectivity index (χ4v) is 5.20. The number of nitrogens with zero attached hydrogens (tertiary/aromatic N) is 3. The Hall–Kier alpha value is -2.71. The largest absolute Gasteiger partial charge is 0.494 e. The highest BCUT2D eigenvalue weighted by Gasteiger charge is 2.26. The zero-order valence-electron chi connectivity index (χ0n) is 18.0. The predicted octanol–water partition coefficient (Wildman–Crippen LogP) is 4.02. The standard InChI is InChI=1S/C23H27FN4O2S/c1-5-9-28-10-8-20(27(2)3)16-11-15(6-7-21(16)28)14-31(29)23-25-18-12-17(24)22(30-4)13-19(18)26-23/h5-7,11-13,20H,1,8-10,14H2,2-4H3,(H,25,26). The molecule has 1 aliphatic heterocycles. The van der Waals surface area contributed by atoms with Crippen molar-refractivity contribution in [3.8, 4) is 5.75 Å². The molecule has 1 N–H and O–H groups in total. The number of nitrogens with one attached hydrogen (secondary N) is 1. The molecule has 2 heterocycles. The maximum Gasteiger partial charge on any atom is 0.197 e. The van der Waals surface area contributed by atoms with Gasteiger partial charge in [0.1, 0.15) is 0 Å². The van der Waals surface area contributed by atoms with Crippen LogP contribution in [0.1, 0.15) is 23.6 Å². The van der Waals surface area contributed by atoms with Gasteiger partial charge in [-0.25, -0.2) is 9.37 Å². The molecule has 2 atom stereocenters. The number of fused-ring (bicyclic) bond motifs is 2. The Bertz CT molecular complexity index is 1140. The maximum atomic E-state index is 14.0. The van der Waals surface area contributed by atoms with Gasteiger partial charge in [-0.2, -0.15) is 0 Å². The lowest BCUT2D eigenvalue weighted by Gasteiger charge is -2.38. The number of H-pyrrole nitrogens is 1. The molecule has 0 bridgehead atoms. The molecular formula is C23H27FN4O2S. The number of hydrogen-bond donors (Lipinski definition) is 1. The van der Waals surface area contributed by atoms with Gasteiger partial charge in [0.15, 0.2) is 16.7 Å². The van der Waals surface area contributed by atoms with Gasteiger partial charge in [0.25, 0.3) is 0 Å². The van der Waals surface area contributed by atoms with E-state index in [0.717, 1.165) is 25.1 Å². The molecule has 0 spiro atoms. The first kappa shape index (κ1) is 21.5. The van der Waals surface area contributed by atoms with Crippen molar-refractivity contribution in [1.29, 1.82) is 0 Å². The van der Waals surface area contributed by atoms with E-state index in [-0.39, 0.29) is 5.75 Å². The van der Waals surface area contributed by atoms with E-state index in [1.165, 1.54) is 30.5 Å². The van der Waals surface area contributed by atoms with Crippen LogP contribution in [0.5, 0.6) is 5.75 Å². The van der Waals surface area contributed by atoms with Gasteiger partial charge in [0.2, 0.25) is 0 Å². The minimum absolute atomic E-state index is 0.116. The van der Waals surface area contributed by atoms with E-state index in [2.05, 4.69) is 52.6 Å². The number of halogens is 1. The second kappa shape index (κ2) is 8.80. The second-order valence-corrected chi connectivity index (χ2v) is 9.30. The molecule has 0 saturated heterocycles. The lowest BCUT2D eigenvalue weighted by molar-refractivity contribution is 0.278. The highest BCUT2D eigenvalue weighted by atomic mass is 32.2. The number of anilines is 1. The van der Waals surface area contributed by atoms with E-state index in [1.807, 2.05) is 12.1 Å². The second-order valence-electron chi connectivity index (χ2n) is 7.93. The zero-order chi connectivity index (χ0) is 22.1. The molecule has 6 nitrogen and oxygen atoms in total. The van der Waals surface area contributed by atoms with Crippen LogP contribution in [0.15, 0.2) is 48.1 Å². The summed E-state index contributed by atoms with van der Waals surface area (Å²) in [6.07, 6.45) is 2.94. The molecule has 0 fully saturated rings. The molecule has 4 rings (SSSR count). The third kappa shape index (κ3) is 4.22. The maximum absolute atomic E-state index is 14.0. The summed E-state index contributed by atoms with van der Waals surface area (Å²) in [4.78, 5) is 11.9. The average molecular weight is 443 g/mol. The Morgan fingerprint density at radius 1 is 1.39 bits per heavy atom. The van der Waals surface area contributed by atoms with Gasteiger partial charge < -0.3 is 19.5 Å². The molecule has 2 aromatic carbocycles. The van der Waals surface area contributed by atoms with Crippen molar-refractivity contribution in [1.82, 2.24) is 14.9 Å². The van der Waals surface area contributed by atoms with E-state index in [1.54, 1.807) is 0 Å². The molecule has 0 amide bonds. The lowest BCUT2D eigenvalue weighted by Crippen LogP contribution is -2.35. The van der Waals surface area contributed by atoms with Crippen molar-refractivity contribution in [2.45, 2.75) is 23.4 Å². The number of imidazole rings is 1. The number of rotatable bonds is 7. The van der Waals surface area contributed by atoms with Gasteiger partial charge >= 0.3 is 0 Å². The van der Waals surface area contributed by atoms with E-state index in [0.29, 0.717) is 28.0 Å². The Balaban J connectivity index is 1.62. The lowest BCUT2D eigenvalue weighted by atomic mass is 9.94. The van der Waals surface area contributed by atoms with Crippen LogP contribution in [0, 0.1) is 5.82 Å². The Morgan fingerprint density at radius 2 is 2.19 bits per heavy atom. The third-order valence-electron chi connectivity index (χ3n) is 5.68. The molecule has 0 aliphatic carbocycles. The van der Waals surface area contributed by atoms with Crippen molar-refractivity contribution >= 4 is 27.5 Å². The van der Waals surface area contributed by atoms with Crippen molar-refractivity contribution in [3.05, 3.63) is 59.9 Å². The first-order valence-corrected chi connectivity index (χ1v) is 11.5. The molecule has 0 radical (unpaired) electrons. The van der Waals surface area contributed by atoms with E-state index >= 15 is 0 Å². The van der Waals surface area contributed by atoms with Crippen molar-refractivity contribution in [2.75, 3.05) is 39.2 Å². The topological polar surface area (TPSA) is 61.5 Å². The highest BCUT2D eigenvalue weighted by Crippen LogP contribution is 2.37. The quantitative estimate of drug-likeness (QED) is 0.560. The summed E-state index contributed by atoms with van der Waals surface area (Å²) in [6.45, 7) is 5.65. The Labute approximate surface area is 184 Å². The summed E-state index contributed by atoms with van der Waals surface area (Å²) in [7, 11) is 4.19. The highest BCUT2D eigenvalue weighted by molar-refractivity contribution is 7.84. The number of benzene rings is 2. The van der Waals surface area contributed by atoms with Crippen LogP contribution in [-0.4, -0.2) is 53.4 Å². The minimum atomic E-state index is -1.39. The molecule has 1 aromatic heterocycles. The molecular weight excluding hydrogens is 415 g/mol. The number of aromatic amines is 1. The van der Waals surface area contributed by atoms with Crippen LogP contribution in [-0.2, 0) is 16.6 Å². The smallest absolute Gasteiger partial charge is 0.197 e. The summed E-state index contributed by atoms with van der Waals surface area (Å²) in [5.74, 6) is -0.0387. The fourth-order valence-electron chi connectivity index (χ4n) is 4.16. The van der Waals surface area contributed by atoms with Crippen molar-refractivity contribution < 1.29 is 13.3 Å². The van der Waals surface area contributed by atoms with Crippen LogP contribution >= 0.6 is 0 Å². The van der Waals surface area contributed by atoms with E-state index < -0.39 is 16.6 Å². The molecule has 31 heavy (non-hydrogen) atoms. The van der Waals surface area contributed by atoms with Crippen LogP contribution in [0.2, 0.25) is 0 Å². The molecule has 3 aromatic rings. The SMILES string of the molecule is C=CCN1CCC(N(C)C)c2cc(CS(=O)c3nc4cc(OC)c(F)cc4[nH]3)ccc21. The predicted molar refractivity (Wildman–Crippen MR) is 123 cm³/mol. The summed E-state index contributed by atoms with van der Waals surface area (Å²) >= 11 is 0.